The first-order chi connectivity index (χ1) is 15.2. The smallest absolute Gasteiger partial charge is 0.312 e. The van der Waals surface area contributed by atoms with E-state index in [-0.39, 0.29) is 24.3 Å². The fourth-order valence-corrected chi connectivity index (χ4v) is 3.56. The van der Waals surface area contributed by atoms with Crippen LogP contribution in [0.15, 0.2) is 42.5 Å². The van der Waals surface area contributed by atoms with Gasteiger partial charge in [-0.15, -0.1) is 0 Å². The number of rotatable bonds is 11. The summed E-state index contributed by atoms with van der Waals surface area (Å²) in [6.07, 6.45) is 0.0309. The van der Waals surface area contributed by atoms with Crippen molar-refractivity contribution >= 4 is 23.5 Å². The Morgan fingerprint density at radius 2 is 1.53 bits per heavy atom. The van der Waals surface area contributed by atoms with Gasteiger partial charge >= 0.3 is 6.03 Å². The maximum Gasteiger partial charge on any atom is 0.312 e. The van der Waals surface area contributed by atoms with E-state index >= 15 is 0 Å². The highest BCUT2D eigenvalue weighted by molar-refractivity contribution is 6.30. The van der Waals surface area contributed by atoms with E-state index in [1.54, 1.807) is 24.3 Å². The number of benzene rings is 2. The number of halogens is 1. The monoisotopic (exact) mass is 461 g/mol. The van der Waals surface area contributed by atoms with E-state index in [0.717, 1.165) is 11.1 Å². The highest BCUT2D eigenvalue weighted by Crippen LogP contribution is 2.33. The number of hydrogen-bond acceptors (Lipinski definition) is 4. The summed E-state index contributed by atoms with van der Waals surface area (Å²) in [6, 6.07) is 11.1. The third-order valence-corrected chi connectivity index (χ3v) is 5.14. The summed E-state index contributed by atoms with van der Waals surface area (Å²) in [6.45, 7) is 8.91. The van der Waals surface area contributed by atoms with Crippen molar-refractivity contribution in [1.29, 1.82) is 0 Å². The molecule has 0 heterocycles. The molecule has 2 aromatic rings. The second-order valence-electron chi connectivity index (χ2n) is 7.68. The summed E-state index contributed by atoms with van der Waals surface area (Å²) < 4.78 is 11.4. The average molecular weight is 462 g/mol. The van der Waals surface area contributed by atoms with Crippen LogP contribution in [0, 0.1) is 5.92 Å². The first-order valence-electron chi connectivity index (χ1n) is 10.7. The standard InChI is InChI=1S/C24H32ClN3O4/c1-5-31-20-12-9-17(13-21(20)32-6-2)23(15(3)4)28-22(29)14-19(27-24(26)30)16-7-10-18(25)11-8-16/h7-13,15,19,23H,5-6,14H2,1-4H3,(H,28,29)(H3,26,27,30). The van der Waals surface area contributed by atoms with Gasteiger partial charge in [0, 0.05) is 5.02 Å². The molecule has 3 amide bonds. The Kier molecular flexibility index (Phi) is 9.65. The minimum absolute atomic E-state index is 0.0309. The lowest BCUT2D eigenvalue weighted by atomic mass is 9.95. The second-order valence-corrected chi connectivity index (χ2v) is 8.11. The molecule has 7 nitrogen and oxygen atoms in total. The van der Waals surface area contributed by atoms with Crippen LogP contribution in [-0.2, 0) is 4.79 Å². The molecule has 8 heteroatoms. The Labute approximate surface area is 194 Å². The van der Waals surface area contributed by atoms with Gasteiger partial charge in [-0.3, -0.25) is 4.79 Å². The van der Waals surface area contributed by atoms with Crippen molar-refractivity contribution in [2.24, 2.45) is 11.7 Å². The van der Waals surface area contributed by atoms with E-state index in [0.29, 0.717) is 29.7 Å². The molecule has 0 aliphatic heterocycles. The molecule has 4 N–H and O–H groups in total. The highest BCUT2D eigenvalue weighted by Gasteiger charge is 2.23. The van der Waals surface area contributed by atoms with E-state index in [1.807, 2.05) is 45.9 Å². The molecule has 2 atom stereocenters. The molecule has 0 aromatic heterocycles. The molecular formula is C24H32ClN3O4. The zero-order valence-electron chi connectivity index (χ0n) is 19.0. The number of nitrogens with two attached hydrogens (primary N) is 1. The number of nitrogens with one attached hydrogen (secondary N) is 2. The molecule has 0 radical (unpaired) electrons. The molecule has 0 aliphatic rings. The molecule has 32 heavy (non-hydrogen) atoms. The molecule has 0 saturated heterocycles. The molecular weight excluding hydrogens is 430 g/mol. The Balaban J connectivity index is 2.22. The van der Waals surface area contributed by atoms with Crippen LogP contribution in [0.4, 0.5) is 4.79 Å². The number of urea groups is 1. The summed E-state index contributed by atoms with van der Waals surface area (Å²) in [7, 11) is 0. The second kappa shape index (κ2) is 12.2. The zero-order valence-corrected chi connectivity index (χ0v) is 19.7. The van der Waals surface area contributed by atoms with E-state index in [9.17, 15) is 9.59 Å². The fourth-order valence-electron chi connectivity index (χ4n) is 3.43. The van der Waals surface area contributed by atoms with Crippen molar-refractivity contribution in [2.45, 2.75) is 46.2 Å². The lowest BCUT2D eigenvalue weighted by Crippen LogP contribution is -2.38. The Morgan fingerprint density at radius 1 is 0.938 bits per heavy atom. The average Bonchev–Trinajstić information content (AvgIpc) is 2.73. The predicted molar refractivity (Wildman–Crippen MR) is 126 cm³/mol. The minimum atomic E-state index is -0.703. The number of ether oxygens (including phenoxy) is 2. The van der Waals surface area contributed by atoms with Crippen LogP contribution in [0.5, 0.6) is 11.5 Å². The van der Waals surface area contributed by atoms with Crippen LogP contribution in [0.2, 0.25) is 5.02 Å². The Morgan fingerprint density at radius 3 is 2.09 bits per heavy atom. The molecule has 2 unspecified atom stereocenters. The lowest BCUT2D eigenvalue weighted by molar-refractivity contribution is -0.122. The van der Waals surface area contributed by atoms with Crippen LogP contribution >= 0.6 is 11.6 Å². The van der Waals surface area contributed by atoms with Crippen LogP contribution in [-0.4, -0.2) is 25.2 Å². The van der Waals surface area contributed by atoms with Crippen molar-refractivity contribution in [3.05, 3.63) is 58.6 Å². The van der Waals surface area contributed by atoms with Crippen molar-refractivity contribution in [2.75, 3.05) is 13.2 Å². The normalized spacial score (nSPS) is 12.7. The highest BCUT2D eigenvalue weighted by atomic mass is 35.5. The van der Waals surface area contributed by atoms with Crippen molar-refractivity contribution in [3.8, 4) is 11.5 Å². The summed E-state index contributed by atoms with van der Waals surface area (Å²) in [4.78, 5) is 24.5. The van der Waals surface area contributed by atoms with Gasteiger partial charge in [0.05, 0.1) is 31.7 Å². The molecule has 0 spiro atoms. The van der Waals surface area contributed by atoms with Crippen molar-refractivity contribution < 1.29 is 19.1 Å². The minimum Gasteiger partial charge on any atom is -0.490 e. The van der Waals surface area contributed by atoms with Gasteiger partial charge in [0.25, 0.3) is 0 Å². The number of carbonyl (C=O) groups is 2. The van der Waals surface area contributed by atoms with Gasteiger partial charge in [-0.1, -0.05) is 43.6 Å². The molecule has 0 bridgehead atoms. The van der Waals surface area contributed by atoms with Gasteiger partial charge in [0.15, 0.2) is 11.5 Å². The first kappa shape index (κ1) is 25.3. The number of hydrogen-bond donors (Lipinski definition) is 3. The summed E-state index contributed by atoms with van der Waals surface area (Å²) in [5.41, 5.74) is 6.98. The molecule has 2 rings (SSSR count). The topological polar surface area (TPSA) is 103 Å². The number of amides is 3. The van der Waals surface area contributed by atoms with E-state index in [1.165, 1.54) is 0 Å². The number of primary amides is 1. The first-order valence-corrected chi connectivity index (χ1v) is 11.1. The third kappa shape index (κ3) is 7.34. The van der Waals surface area contributed by atoms with E-state index in [4.69, 9.17) is 26.8 Å². The van der Waals surface area contributed by atoms with Crippen LogP contribution < -0.4 is 25.8 Å². The maximum atomic E-state index is 13.0. The van der Waals surface area contributed by atoms with Crippen molar-refractivity contribution in [1.82, 2.24) is 10.6 Å². The largest absolute Gasteiger partial charge is 0.490 e. The maximum absolute atomic E-state index is 13.0. The fraction of sp³-hybridized carbons (Fsp3) is 0.417. The van der Waals surface area contributed by atoms with Gasteiger partial charge in [-0.2, -0.15) is 0 Å². The summed E-state index contributed by atoms with van der Waals surface area (Å²) >= 11 is 5.95. The molecule has 174 valence electrons. The summed E-state index contributed by atoms with van der Waals surface area (Å²) in [5, 5.41) is 6.29. The SMILES string of the molecule is CCOc1ccc(C(NC(=O)CC(NC(N)=O)c2ccc(Cl)cc2)C(C)C)cc1OCC. The lowest BCUT2D eigenvalue weighted by Gasteiger charge is -2.25. The Hall–Kier alpha value is -2.93. The molecule has 0 saturated carbocycles. The third-order valence-electron chi connectivity index (χ3n) is 4.89. The predicted octanol–water partition coefficient (Wildman–Crippen LogP) is 4.75. The molecule has 0 fully saturated rings. The summed E-state index contributed by atoms with van der Waals surface area (Å²) in [5.74, 6) is 1.20. The van der Waals surface area contributed by atoms with Crippen LogP contribution in [0.1, 0.15) is 57.3 Å². The Bertz CT molecular complexity index is 903. The zero-order chi connectivity index (χ0) is 23.7. The molecule has 0 aliphatic carbocycles. The van der Waals surface area contributed by atoms with Gasteiger partial charge in [0.2, 0.25) is 5.91 Å². The van der Waals surface area contributed by atoms with Crippen molar-refractivity contribution in [3.63, 3.8) is 0 Å². The van der Waals surface area contributed by atoms with Gasteiger partial charge in [-0.05, 0) is 55.2 Å². The quantitative estimate of drug-likeness (QED) is 0.449. The molecule has 2 aromatic carbocycles. The van der Waals surface area contributed by atoms with Gasteiger partial charge in [-0.25, -0.2) is 4.79 Å². The van der Waals surface area contributed by atoms with Gasteiger partial charge in [0.1, 0.15) is 0 Å². The van der Waals surface area contributed by atoms with E-state index < -0.39 is 12.1 Å². The van der Waals surface area contributed by atoms with Gasteiger partial charge < -0.3 is 25.8 Å². The number of carbonyl (C=O) groups excluding carboxylic acids is 2. The van der Waals surface area contributed by atoms with Crippen LogP contribution in [0.3, 0.4) is 0 Å². The van der Waals surface area contributed by atoms with E-state index in [2.05, 4.69) is 10.6 Å². The van der Waals surface area contributed by atoms with Crippen LogP contribution in [0.25, 0.3) is 0 Å².